The van der Waals surface area contributed by atoms with Gasteiger partial charge in [0.2, 0.25) is 0 Å². The molecule has 0 aliphatic heterocycles. The van der Waals surface area contributed by atoms with E-state index in [9.17, 15) is 0 Å². The van der Waals surface area contributed by atoms with Gasteiger partial charge >= 0.3 is 0 Å². The second-order valence-electron chi connectivity index (χ2n) is 4.04. The van der Waals surface area contributed by atoms with Gasteiger partial charge in [0.05, 0.1) is 0 Å². The monoisotopic (exact) mass is 222 g/mol. The molecule has 1 aromatic carbocycles. The minimum Gasteiger partial charge on any atom is -0.396 e. The number of benzene rings is 1. The summed E-state index contributed by atoms with van der Waals surface area (Å²) in [7, 11) is 0. The normalized spacial score (nSPS) is 10.8. The average Bonchev–Trinajstić information content (AvgIpc) is 2.31. The highest BCUT2D eigenvalue weighted by Crippen LogP contribution is 2.19. The van der Waals surface area contributed by atoms with E-state index in [1.807, 2.05) is 0 Å². The maximum atomic E-state index is 9.04. The first-order chi connectivity index (χ1) is 7.76. The fourth-order valence-electron chi connectivity index (χ4n) is 2.16. The van der Waals surface area contributed by atoms with Crippen LogP contribution in [0.2, 0.25) is 0 Å². The maximum Gasteiger partial charge on any atom is 0.0471 e. The Hall–Kier alpha value is -0.860. The van der Waals surface area contributed by atoms with Crippen LogP contribution in [0.1, 0.15) is 36.1 Å². The number of aliphatic hydroxyl groups is 2. The van der Waals surface area contributed by atoms with Crippen molar-refractivity contribution in [2.24, 2.45) is 0 Å². The summed E-state index contributed by atoms with van der Waals surface area (Å²) < 4.78 is 0. The molecule has 2 nitrogen and oxygen atoms in total. The molecule has 0 bridgehead atoms. The molecule has 0 saturated heterocycles. The van der Waals surface area contributed by atoms with Crippen LogP contribution in [0.3, 0.4) is 0 Å². The summed E-state index contributed by atoms with van der Waals surface area (Å²) in [6, 6.07) is 4.39. The molecule has 0 aromatic heterocycles. The fraction of sp³-hybridized carbons (Fsp3) is 0.571. The molecule has 0 fully saturated rings. The van der Waals surface area contributed by atoms with Crippen LogP contribution in [0, 0.1) is 0 Å². The third-order valence-corrected chi connectivity index (χ3v) is 3.05. The first-order valence-corrected chi connectivity index (χ1v) is 6.12. The Kier molecular flexibility index (Phi) is 5.50. The summed E-state index contributed by atoms with van der Waals surface area (Å²) >= 11 is 0. The van der Waals surface area contributed by atoms with Gasteiger partial charge in [-0.15, -0.1) is 0 Å². The van der Waals surface area contributed by atoms with Gasteiger partial charge in [-0.1, -0.05) is 26.0 Å². The summed E-state index contributed by atoms with van der Waals surface area (Å²) in [5.41, 5.74) is 5.11. The van der Waals surface area contributed by atoms with Gasteiger partial charge in [-0.2, -0.15) is 0 Å². The molecule has 2 heteroatoms. The molecule has 1 rings (SSSR count). The second kappa shape index (κ2) is 6.66. The lowest BCUT2D eigenvalue weighted by Crippen LogP contribution is -2.04. The molecule has 0 radical (unpaired) electrons. The Morgan fingerprint density at radius 2 is 1.12 bits per heavy atom. The van der Waals surface area contributed by atoms with Crippen LogP contribution < -0.4 is 0 Å². The minimum absolute atomic E-state index is 0.204. The van der Waals surface area contributed by atoms with Crippen LogP contribution in [-0.4, -0.2) is 23.4 Å². The Bertz CT molecular complexity index is 298. The summed E-state index contributed by atoms with van der Waals surface area (Å²) in [4.78, 5) is 0. The molecule has 0 unspecified atom stereocenters. The fourth-order valence-corrected chi connectivity index (χ4v) is 2.16. The quantitative estimate of drug-likeness (QED) is 0.771. The Balaban J connectivity index is 3.11. The van der Waals surface area contributed by atoms with Crippen LogP contribution in [0.4, 0.5) is 0 Å². The molecular weight excluding hydrogens is 200 g/mol. The van der Waals surface area contributed by atoms with E-state index in [-0.39, 0.29) is 13.2 Å². The third-order valence-electron chi connectivity index (χ3n) is 3.05. The van der Waals surface area contributed by atoms with Crippen molar-refractivity contribution < 1.29 is 10.2 Å². The van der Waals surface area contributed by atoms with Crippen molar-refractivity contribution in [3.05, 3.63) is 34.4 Å². The van der Waals surface area contributed by atoms with Crippen molar-refractivity contribution >= 4 is 0 Å². The highest BCUT2D eigenvalue weighted by molar-refractivity contribution is 5.39. The van der Waals surface area contributed by atoms with Gasteiger partial charge in [0.15, 0.2) is 0 Å². The standard InChI is InChI=1S/C14H22O2/c1-3-11-9-14(6-8-16)12(4-2)10-13(11)5-7-15/h9-10,15-16H,3-8H2,1-2H3. The number of hydrogen-bond acceptors (Lipinski definition) is 2. The Labute approximate surface area is 97.9 Å². The van der Waals surface area contributed by atoms with Crippen molar-refractivity contribution in [2.45, 2.75) is 39.5 Å². The van der Waals surface area contributed by atoms with Gasteiger partial charge in [-0.3, -0.25) is 0 Å². The summed E-state index contributed by atoms with van der Waals surface area (Å²) in [6.45, 7) is 4.67. The highest BCUT2D eigenvalue weighted by atomic mass is 16.3. The van der Waals surface area contributed by atoms with E-state index in [0.717, 1.165) is 25.7 Å². The summed E-state index contributed by atoms with van der Waals surface area (Å²) in [6.07, 6.45) is 3.43. The van der Waals surface area contributed by atoms with Crippen molar-refractivity contribution in [3.8, 4) is 0 Å². The molecule has 16 heavy (non-hydrogen) atoms. The zero-order chi connectivity index (χ0) is 12.0. The first-order valence-electron chi connectivity index (χ1n) is 6.12. The molecule has 0 atom stereocenters. The van der Waals surface area contributed by atoms with Crippen molar-refractivity contribution in [2.75, 3.05) is 13.2 Å². The molecule has 0 amide bonds. The Morgan fingerprint density at radius 1 is 0.750 bits per heavy atom. The third kappa shape index (κ3) is 3.06. The molecule has 2 N–H and O–H groups in total. The van der Waals surface area contributed by atoms with Crippen LogP contribution in [0.25, 0.3) is 0 Å². The predicted molar refractivity (Wildman–Crippen MR) is 66.8 cm³/mol. The summed E-state index contributed by atoms with van der Waals surface area (Å²) in [5, 5.41) is 18.1. The minimum atomic E-state index is 0.204. The lowest BCUT2D eigenvalue weighted by atomic mass is 9.93. The van der Waals surface area contributed by atoms with Crippen LogP contribution in [0.5, 0.6) is 0 Å². The largest absolute Gasteiger partial charge is 0.396 e. The van der Waals surface area contributed by atoms with Gasteiger partial charge < -0.3 is 10.2 Å². The topological polar surface area (TPSA) is 40.5 Å². The number of aryl methyl sites for hydroxylation is 2. The van der Waals surface area contributed by atoms with Gasteiger partial charge in [-0.25, -0.2) is 0 Å². The molecular formula is C14H22O2. The van der Waals surface area contributed by atoms with E-state index in [1.54, 1.807) is 0 Å². The maximum absolute atomic E-state index is 9.04. The highest BCUT2D eigenvalue weighted by Gasteiger charge is 2.07. The lowest BCUT2D eigenvalue weighted by molar-refractivity contribution is 0.297. The average molecular weight is 222 g/mol. The zero-order valence-corrected chi connectivity index (χ0v) is 10.3. The molecule has 0 heterocycles. The smallest absolute Gasteiger partial charge is 0.0471 e. The van der Waals surface area contributed by atoms with Crippen molar-refractivity contribution in [1.82, 2.24) is 0 Å². The van der Waals surface area contributed by atoms with E-state index in [0.29, 0.717) is 0 Å². The van der Waals surface area contributed by atoms with Gasteiger partial charge in [-0.05, 0) is 47.9 Å². The predicted octanol–water partition coefficient (Wildman–Crippen LogP) is 1.88. The van der Waals surface area contributed by atoms with E-state index in [4.69, 9.17) is 10.2 Å². The van der Waals surface area contributed by atoms with Crippen LogP contribution in [-0.2, 0) is 25.7 Å². The number of aliphatic hydroxyl groups excluding tert-OH is 2. The Morgan fingerprint density at radius 3 is 1.38 bits per heavy atom. The van der Waals surface area contributed by atoms with Crippen molar-refractivity contribution in [3.63, 3.8) is 0 Å². The van der Waals surface area contributed by atoms with Gasteiger partial charge in [0, 0.05) is 13.2 Å². The van der Waals surface area contributed by atoms with E-state index in [2.05, 4.69) is 26.0 Å². The first kappa shape index (κ1) is 13.2. The van der Waals surface area contributed by atoms with E-state index < -0.39 is 0 Å². The second-order valence-corrected chi connectivity index (χ2v) is 4.04. The van der Waals surface area contributed by atoms with Gasteiger partial charge in [0.1, 0.15) is 0 Å². The summed E-state index contributed by atoms with van der Waals surface area (Å²) in [5.74, 6) is 0. The number of rotatable bonds is 6. The number of hydrogen-bond donors (Lipinski definition) is 2. The molecule has 0 aliphatic carbocycles. The molecule has 0 saturated carbocycles. The molecule has 0 spiro atoms. The molecule has 1 aromatic rings. The molecule has 0 aliphatic rings. The zero-order valence-electron chi connectivity index (χ0n) is 10.3. The van der Waals surface area contributed by atoms with E-state index in [1.165, 1.54) is 22.3 Å². The van der Waals surface area contributed by atoms with E-state index >= 15 is 0 Å². The molecule has 90 valence electrons. The van der Waals surface area contributed by atoms with Crippen LogP contribution in [0.15, 0.2) is 12.1 Å². The van der Waals surface area contributed by atoms with Crippen LogP contribution >= 0.6 is 0 Å². The lowest BCUT2D eigenvalue weighted by Gasteiger charge is -2.14. The SMILES string of the molecule is CCc1cc(CCO)c(CC)cc1CCO. The van der Waals surface area contributed by atoms with Crippen molar-refractivity contribution in [1.29, 1.82) is 0 Å². The van der Waals surface area contributed by atoms with Gasteiger partial charge in [0.25, 0.3) is 0 Å².